The summed E-state index contributed by atoms with van der Waals surface area (Å²) in [6.07, 6.45) is 2.36. The predicted molar refractivity (Wildman–Crippen MR) is 98.9 cm³/mol. The first kappa shape index (κ1) is 16.4. The van der Waals surface area contributed by atoms with Crippen LogP contribution in [-0.2, 0) is 0 Å². The molecule has 2 N–H and O–H groups in total. The van der Waals surface area contributed by atoms with Gasteiger partial charge in [-0.25, -0.2) is 15.0 Å². The molecule has 0 aliphatic carbocycles. The summed E-state index contributed by atoms with van der Waals surface area (Å²) in [4.78, 5) is 13.1. The monoisotopic (exact) mass is 346 g/mol. The van der Waals surface area contributed by atoms with Crippen LogP contribution >= 0.6 is 0 Å². The molecule has 0 spiro atoms. The van der Waals surface area contributed by atoms with Gasteiger partial charge in [-0.3, -0.25) is 4.57 Å². The van der Waals surface area contributed by atoms with Gasteiger partial charge in [0.05, 0.1) is 23.3 Å². The van der Waals surface area contributed by atoms with Crippen molar-refractivity contribution in [2.75, 3.05) is 6.61 Å². The number of aliphatic hydroxyl groups excluding tert-OH is 2. The zero-order chi connectivity index (χ0) is 18.1. The van der Waals surface area contributed by atoms with Crippen LogP contribution < -0.4 is 0 Å². The molecule has 2 heterocycles. The Morgan fingerprint density at radius 2 is 1.85 bits per heavy atom. The van der Waals surface area contributed by atoms with Crippen molar-refractivity contribution in [1.82, 2.24) is 19.5 Å². The third-order valence-corrected chi connectivity index (χ3v) is 4.31. The molecule has 1 atom stereocenters. The van der Waals surface area contributed by atoms with Gasteiger partial charge in [0, 0.05) is 17.4 Å². The average molecular weight is 346 g/mol. The number of nitrogens with zero attached hydrogens (tertiary/aromatic N) is 4. The Labute approximate surface area is 150 Å². The highest BCUT2D eigenvalue weighted by atomic mass is 16.3. The minimum Gasteiger partial charge on any atom is -0.393 e. The summed E-state index contributed by atoms with van der Waals surface area (Å²) in [5.74, 6) is 0.494. The van der Waals surface area contributed by atoms with Crippen molar-refractivity contribution in [2.45, 2.75) is 13.0 Å². The van der Waals surface area contributed by atoms with E-state index in [9.17, 15) is 5.11 Å². The Morgan fingerprint density at radius 3 is 2.62 bits per heavy atom. The van der Waals surface area contributed by atoms with Gasteiger partial charge in [0.1, 0.15) is 12.4 Å². The summed E-state index contributed by atoms with van der Waals surface area (Å²) in [5, 5.41) is 18.9. The smallest absolute Gasteiger partial charge is 0.159 e. The van der Waals surface area contributed by atoms with E-state index in [-0.39, 0.29) is 6.61 Å². The maximum atomic E-state index is 9.80. The summed E-state index contributed by atoms with van der Waals surface area (Å²) in [6, 6.07) is 15.6. The molecule has 130 valence electrons. The zero-order valence-corrected chi connectivity index (χ0v) is 14.2. The van der Waals surface area contributed by atoms with Crippen molar-refractivity contribution in [3.63, 3.8) is 0 Å². The van der Waals surface area contributed by atoms with Crippen molar-refractivity contribution < 1.29 is 10.2 Å². The van der Waals surface area contributed by atoms with Crippen LogP contribution in [-0.4, -0.2) is 36.3 Å². The fraction of sp³-hybridized carbons (Fsp3) is 0.150. The van der Waals surface area contributed by atoms with E-state index in [0.717, 1.165) is 22.3 Å². The second kappa shape index (κ2) is 6.67. The highest BCUT2D eigenvalue weighted by molar-refractivity contribution is 5.82. The molecule has 6 nitrogen and oxygen atoms in total. The average Bonchev–Trinajstić information content (AvgIpc) is 3.11. The van der Waals surface area contributed by atoms with E-state index in [0.29, 0.717) is 11.5 Å². The van der Waals surface area contributed by atoms with E-state index in [2.05, 4.69) is 46.1 Å². The van der Waals surface area contributed by atoms with E-state index in [4.69, 9.17) is 5.11 Å². The number of rotatable bonds is 4. The fourth-order valence-corrected chi connectivity index (χ4v) is 2.85. The molecule has 0 bridgehead atoms. The first-order valence-corrected chi connectivity index (χ1v) is 8.32. The van der Waals surface area contributed by atoms with Crippen molar-refractivity contribution in [3.8, 4) is 17.1 Å². The summed E-state index contributed by atoms with van der Waals surface area (Å²) in [7, 11) is 0. The fourth-order valence-electron chi connectivity index (χ4n) is 2.85. The Balaban J connectivity index is 1.80. The lowest BCUT2D eigenvalue weighted by atomic mass is 10.1. The summed E-state index contributed by atoms with van der Waals surface area (Å²) in [6.45, 7) is 1.68. The van der Waals surface area contributed by atoms with Gasteiger partial charge in [-0.1, -0.05) is 17.7 Å². The molecule has 2 aromatic carbocycles. The Bertz CT molecular complexity index is 1060. The van der Waals surface area contributed by atoms with Crippen molar-refractivity contribution >= 4 is 11.0 Å². The zero-order valence-electron chi connectivity index (χ0n) is 14.2. The quantitative estimate of drug-likeness (QED) is 0.594. The molecule has 0 aliphatic heterocycles. The second-order valence-corrected chi connectivity index (χ2v) is 6.16. The molecule has 0 amide bonds. The molecule has 0 fully saturated rings. The molecule has 0 saturated heterocycles. The number of aromatic nitrogens is 4. The molecule has 26 heavy (non-hydrogen) atoms. The Morgan fingerprint density at radius 1 is 1.04 bits per heavy atom. The van der Waals surface area contributed by atoms with Crippen molar-refractivity contribution in [3.05, 3.63) is 72.3 Å². The molecule has 0 radical (unpaired) electrons. The molecular weight excluding hydrogens is 328 g/mol. The lowest BCUT2D eigenvalue weighted by Gasteiger charge is -2.09. The van der Waals surface area contributed by atoms with E-state index in [1.165, 1.54) is 5.56 Å². The maximum absolute atomic E-state index is 9.80. The molecule has 0 saturated carbocycles. The normalized spacial score (nSPS) is 12.4. The number of aryl methyl sites for hydroxylation is 1. The molecule has 4 aromatic rings. The van der Waals surface area contributed by atoms with E-state index < -0.39 is 6.10 Å². The lowest BCUT2D eigenvalue weighted by molar-refractivity contribution is 0.0922. The van der Waals surface area contributed by atoms with Crippen molar-refractivity contribution in [1.29, 1.82) is 0 Å². The minimum absolute atomic E-state index is 0.379. The van der Waals surface area contributed by atoms with E-state index >= 15 is 0 Å². The second-order valence-electron chi connectivity index (χ2n) is 6.16. The first-order valence-electron chi connectivity index (χ1n) is 8.32. The summed E-state index contributed by atoms with van der Waals surface area (Å²) >= 11 is 0. The molecule has 6 heteroatoms. The van der Waals surface area contributed by atoms with Crippen LogP contribution in [0.3, 0.4) is 0 Å². The Kier molecular flexibility index (Phi) is 4.20. The highest BCUT2D eigenvalue weighted by Crippen LogP contribution is 2.24. The van der Waals surface area contributed by atoms with Crippen LogP contribution in [0.15, 0.2) is 61.1 Å². The SMILES string of the molecule is Cc1ccc(-n2cnc3ccc(-c4nccc([C@H](O)CO)n4)cc32)cc1. The number of hydrogen-bond donors (Lipinski definition) is 2. The van der Waals surface area contributed by atoms with Crippen LogP contribution in [0.4, 0.5) is 0 Å². The van der Waals surface area contributed by atoms with Crippen molar-refractivity contribution in [2.24, 2.45) is 0 Å². The first-order chi connectivity index (χ1) is 12.7. The van der Waals surface area contributed by atoms with Crippen LogP contribution in [0.1, 0.15) is 17.4 Å². The van der Waals surface area contributed by atoms with Gasteiger partial charge in [-0.15, -0.1) is 0 Å². The van der Waals surface area contributed by atoms with Gasteiger partial charge < -0.3 is 10.2 Å². The Hall–Kier alpha value is -3.09. The van der Waals surface area contributed by atoms with E-state index in [1.54, 1.807) is 18.6 Å². The van der Waals surface area contributed by atoms with Gasteiger partial charge in [-0.2, -0.15) is 0 Å². The van der Waals surface area contributed by atoms with Gasteiger partial charge in [-0.05, 0) is 43.3 Å². The van der Waals surface area contributed by atoms with Gasteiger partial charge in [0.25, 0.3) is 0 Å². The summed E-state index contributed by atoms with van der Waals surface area (Å²) in [5.41, 5.74) is 5.26. The van der Waals surface area contributed by atoms with Crippen LogP contribution in [0, 0.1) is 6.92 Å². The maximum Gasteiger partial charge on any atom is 0.159 e. The third-order valence-electron chi connectivity index (χ3n) is 4.31. The number of imidazole rings is 1. The minimum atomic E-state index is -1.02. The standard InChI is InChI=1S/C20H18N4O2/c1-13-2-5-15(6-3-13)24-12-22-16-7-4-14(10-18(16)24)20-21-9-8-17(23-20)19(26)11-25/h2-10,12,19,25-26H,11H2,1H3/t19-/m1/s1. The molecular formula is C20H18N4O2. The third kappa shape index (κ3) is 2.96. The number of aliphatic hydroxyl groups is 2. The van der Waals surface area contributed by atoms with E-state index in [1.807, 2.05) is 22.8 Å². The number of fused-ring (bicyclic) bond motifs is 1. The highest BCUT2D eigenvalue weighted by Gasteiger charge is 2.12. The molecule has 0 unspecified atom stereocenters. The van der Waals surface area contributed by atoms with Crippen LogP contribution in [0.2, 0.25) is 0 Å². The lowest BCUT2D eigenvalue weighted by Crippen LogP contribution is -2.06. The molecule has 0 aliphatic rings. The van der Waals surface area contributed by atoms with Crippen LogP contribution in [0.25, 0.3) is 28.1 Å². The molecule has 2 aromatic heterocycles. The van der Waals surface area contributed by atoms with Gasteiger partial charge in [0.15, 0.2) is 5.82 Å². The van der Waals surface area contributed by atoms with Crippen LogP contribution in [0.5, 0.6) is 0 Å². The predicted octanol–water partition coefficient (Wildman–Crippen LogP) is 2.82. The molecule has 4 rings (SSSR count). The number of benzene rings is 2. The largest absolute Gasteiger partial charge is 0.393 e. The number of hydrogen-bond acceptors (Lipinski definition) is 5. The summed E-state index contributed by atoms with van der Waals surface area (Å²) < 4.78 is 2.02. The van der Waals surface area contributed by atoms with Gasteiger partial charge in [0.2, 0.25) is 0 Å². The topological polar surface area (TPSA) is 84.1 Å². The van der Waals surface area contributed by atoms with Gasteiger partial charge >= 0.3 is 0 Å².